The minimum atomic E-state index is -0.224. The first-order chi connectivity index (χ1) is 13.6. The van der Waals surface area contributed by atoms with E-state index < -0.39 is 0 Å². The van der Waals surface area contributed by atoms with Gasteiger partial charge < -0.3 is 0 Å². The number of rotatable bonds is 5. The van der Waals surface area contributed by atoms with Gasteiger partial charge in [0.05, 0.1) is 5.69 Å². The molecular formula is C23H20FN3S. The molecule has 3 aromatic carbocycles. The van der Waals surface area contributed by atoms with Crippen molar-refractivity contribution in [3.05, 3.63) is 95.3 Å². The zero-order valence-corrected chi connectivity index (χ0v) is 16.6. The fourth-order valence-corrected chi connectivity index (χ4v) is 3.87. The van der Waals surface area contributed by atoms with Crippen LogP contribution in [0.3, 0.4) is 0 Å². The van der Waals surface area contributed by atoms with Crippen LogP contribution in [0.5, 0.6) is 0 Å². The molecule has 0 aliphatic heterocycles. The largest absolute Gasteiger partial charge is 0.270 e. The van der Waals surface area contributed by atoms with Crippen LogP contribution < -0.4 is 0 Å². The Morgan fingerprint density at radius 1 is 0.857 bits per heavy atom. The van der Waals surface area contributed by atoms with E-state index in [0.717, 1.165) is 27.8 Å². The highest BCUT2D eigenvalue weighted by molar-refractivity contribution is 7.98. The molecule has 3 nitrogen and oxygen atoms in total. The van der Waals surface area contributed by atoms with Gasteiger partial charge in [-0.1, -0.05) is 60.3 Å². The molecule has 0 saturated heterocycles. The van der Waals surface area contributed by atoms with Crippen LogP contribution in [0, 0.1) is 19.7 Å². The molecule has 0 unspecified atom stereocenters. The molecule has 0 N–H and O–H groups in total. The third-order valence-electron chi connectivity index (χ3n) is 4.70. The van der Waals surface area contributed by atoms with Crippen molar-refractivity contribution >= 4 is 11.8 Å². The average Bonchev–Trinajstić information content (AvgIpc) is 3.14. The lowest BCUT2D eigenvalue weighted by molar-refractivity contribution is 0.627. The van der Waals surface area contributed by atoms with Crippen molar-refractivity contribution in [2.75, 3.05) is 0 Å². The highest BCUT2D eigenvalue weighted by Gasteiger charge is 2.16. The van der Waals surface area contributed by atoms with E-state index in [-0.39, 0.29) is 5.82 Å². The molecule has 0 bridgehead atoms. The van der Waals surface area contributed by atoms with Crippen molar-refractivity contribution < 1.29 is 4.39 Å². The quantitative estimate of drug-likeness (QED) is 0.393. The lowest BCUT2D eigenvalue weighted by Crippen LogP contribution is -2.01. The maximum Gasteiger partial charge on any atom is 0.196 e. The Hall–Kier alpha value is -2.92. The predicted octanol–water partition coefficient (Wildman–Crippen LogP) is 5.98. The van der Waals surface area contributed by atoms with Gasteiger partial charge in [-0.25, -0.2) is 4.39 Å². The van der Waals surface area contributed by atoms with Gasteiger partial charge in [-0.15, -0.1) is 10.2 Å². The molecule has 0 spiro atoms. The van der Waals surface area contributed by atoms with Gasteiger partial charge in [-0.05, 0) is 54.8 Å². The highest BCUT2D eigenvalue weighted by Crippen LogP contribution is 2.30. The van der Waals surface area contributed by atoms with E-state index in [9.17, 15) is 4.39 Å². The number of aryl methyl sites for hydroxylation is 2. The average molecular weight is 389 g/mol. The number of benzene rings is 3. The van der Waals surface area contributed by atoms with Crippen LogP contribution in [0.25, 0.3) is 17.1 Å². The molecule has 0 atom stereocenters. The van der Waals surface area contributed by atoms with Gasteiger partial charge in [0.1, 0.15) is 5.82 Å². The maximum atomic E-state index is 13.2. The summed E-state index contributed by atoms with van der Waals surface area (Å²) in [6.45, 7) is 4.21. The van der Waals surface area contributed by atoms with Gasteiger partial charge in [0.15, 0.2) is 11.0 Å². The van der Waals surface area contributed by atoms with Crippen LogP contribution in [-0.4, -0.2) is 14.8 Å². The predicted molar refractivity (Wildman–Crippen MR) is 112 cm³/mol. The summed E-state index contributed by atoms with van der Waals surface area (Å²) in [5, 5.41) is 9.74. The first-order valence-electron chi connectivity index (χ1n) is 9.07. The number of hydrogen-bond acceptors (Lipinski definition) is 3. The molecule has 28 heavy (non-hydrogen) atoms. The van der Waals surface area contributed by atoms with E-state index in [0.29, 0.717) is 5.75 Å². The summed E-state index contributed by atoms with van der Waals surface area (Å²) in [6.07, 6.45) is 0. The minimum absolute atomic E-state index is 0.224. The molecule has 1 heterocycles. The van der Waals surface area contributed by atoms with Crippen LogP contribution in [0.4, 0.5) is 4.39 Å². The summed E-state index contributed by atoms with van der Waals surface area (Å²) < 4.78 is 15.3. The van der Waals surface area contributed by atoms with Crippen molar-refractivity contribution in [2.45, 2.75) is 24.8 Å². The fourth-order valence-electron chi connectivity index (χ4n) is 2.96. The fraction of sp³-hybridized carbons (Fsp3) is 0.130. The number of hydrogen-bond donors (Lipinski definition) is 0. The van der Waals surface area contributed by atoms with Crippen LogP contribution in [0.2, 0.25) is 0 Å². The normalized spacial score (nSPS) is 11.0. The molecule has 0 aliphatic carbocycles. The van der Waals surface area contributed by atoms with Crippen LogP contribution in [-0.2, 0) is 5.75 Å². The second-order valence-corrected chi connectivity index (χ2v) is 7.63. The van der Waals surface area contributed by atoms with E-state index in [1.807, 2.05) is 30.3 Å². The number of nitrogens with zero attached hydrogens (tertiary/aromatic N) is 3. The van der Waals surface area contributed by atoms with Gasteiger partial charge in [0.25, 0.3) is 0 Å². The molecule has 0 saturated carbocycles. The van der Waals surface area contributed by atoms with Crippen molar-refractivity contribution in [1.29, 1.82) is 0 Å². The molecule has 1 aromatic heterocycles. The van der Waals surface area contributed by atoms with Crippen LogP contribution in [0.15, 0.2) is 78.0 Å². The van der Waals surface area contributed by atoms with Crippen molar-refractivity contribution in [2.24, 2.45) is 0 Å². The molecule has 4 aromatic rings. The van der Waals surface area contributed by atoms with Gasteiger partial charge in [0, 0.05) is 11.3 Å². The molecule has 0 fully saturated rings. The first-order valence-corrected chi connectivity index (χ1v) is 10.1. The lowest BCUT2D eigenvalue weighted by Gasteiger charge is -2.12. The topological polar surface area (TPSA) is 30.7 Å². The van der Waals surface area contributed by atoms with E-state index in [2.05, 4.69) is 46.8 Å². The number of thioether (sulfide) groups is 1. The standard InChI is InChI=1S/C23H20FN3S/c1-16-8-13-21(14-17(16)2)27-22(19-6-4-3-5-7-19)25-26-23(27)28-15-18-9-11-20(24)12-10-18/h3-14H,15H2,1-2H3. The van der Waals surface area contributed by atoms with Crippen LogP contribution >= 0.6 is 11.8 Å². The second kappa shape index (κ2) is 7.98. The third-order valence-corrected chi connectivity index (χ3v) is 5.70. The van der Waals surface area contributed by atoms with Crippen molar-refractivity contribution in [3.63, 3.8) is 0 Å². The van der Waals surface area contributed by atoms with E-state index in [4.69, 9.17) is 0 Å². The highest BCUT2D eigenvalue weighted by atomic mass is 32.2. The monoisotopic (exact) mass is 389 g/mol. The Morgan fingerprint density at radius 2 is 1.61 bits per heavy atom. The van der Waals surface area contributed by atoms with Gasteiger partial charge in [-0.3, -0.25) is 4.57 Å². The summed E-state index contributed by atoms with van der Waals surface area (Å²) in [4.78, 5) is 0. The molecule has 0 amide bonds. The van der Waals surface area contributed by atoms with Gasteiger partial charge >= 0.3 is 0 Å². The van der Waals surface area contributed by atoms with Gasteiger partial charge in [0.2, 0.25) is 0 Å². The zero-order valence-electron chi connectivity index (χ0n) is 15.8. The second-order valence-electron chi connectivity index (χ2n) is 6.69. The summed E-state index contributed by atoms with van der Waals surface area (Å²) >= 11 is 1.59. The minimum Gasteiger partial charge on any atom is -0.270 e. The summed E-state index contributed by atoms with van der Waals surface area (Å²) in [6, 6.07) is 23.0. The Balaban J connectivity index is 1.74. The molecule has 140 valence electrons. The molecule has 0 aliphatic rings. The summed E-state index contributed by atoms with van der Waals surface area (Å²) in [5.74, 6) is 1.28. The third kappa shape index (κ3) is 3.85. The van der Waals surface area contributed by atoms with Crippen molar-refractivity contribution in [1.82, 2.24) is 14.8 Å². The first kappa shape index (κ1) is 18.4. The molecule has 5 heteroatoms. The zero-order chi connectivity index (χ0) is 19.5. The lowest BCUT2D eigenvalue weighted by atomic mass is 10.1. The van der Waals surface area contributed by atoms with Gasteiger partial charge in [-0.2, -0.15) is 0 Å². The smallest absolute Gasteiger partial charge is 0.196 e. The molecule has 4 rings (SSSR count). The Morgan fingerprint density at radius 3 is 2.32 bits per heavy atom. The van der Waals surface area contributed by atoms with E-state index >= 15 is 0 Å². The van der Waals surface area contributed by atoms with Crippen LogP contribution in [0.1, 0.15) is 16.7 Å². The maximum absolute atomic E-state index is 13.2. The Bertz CT molecular complexity index is 1090. The van der Waals surface area contributed by atoms with E-state index in [1.165, 1.54) is 23.3 Å². The van der Waals surface area contributed by atoms with Crippen molar-refractivity contribution in [3.8, 4) is 17.1 Å². The number of aromatic nitrogens is 3. The Kier molecular flexibility index (Phi) is 5.26. The number of halogens is 1. The SMILES string of the molecule is Cc1ccc(-n2c(SCc3ccc(F)cc3)nnc2-c2ccccc2)cc1C. The molecular weight excluding hydrogens is 369 g/mol. The summed E-state index contributed by atoms with van der Waals surface area (Å²) in [7, 11) is 0. The molecule has 0 radical (unpaired) electrons. The summed E-state index contributed by atoms with van der Waals surface area (Å²) in [5.41, 5.74) is 5.57. The van der Waals surface area contributed by atoms with E-state index in [1.54, 1.807) is 23.9 Å². The Labute approximate surface area is 168 Å².